The molecule has 3 aliphatic rings. The third kappa shape index (κ3) is 4.40. The largest absolute Gasteiger partial charge is 0.356 e. The van der Waals surface area contributed by atoms with Crippen molar-refractivity contribution in [1.29, 1.82) is 0 Å². The molecule has 2 fully saturated rings. The molecule has 2 aliphatic heterocycles. The van der Waals surface area contributed by atoms with Crippen molar-refractivity contribution in [2.45, 2.75) is 69.5 Å². The van der Waals surface area contributed by atoms with Gasteiger partial charge in [-0.05, 0) is 42.2 Å². The molecule has 4 aromatic rings. The molecule has 7 rings (SSSR count). The van der Waals surface area contributed by atoms with Gasteiger partial charge in [-0.25, -0.2) is 9.69 Å². The first-order valence-electron chi connectivity index (χ1n) is 14.8. The molecule has 208 valence electrons. The van der Waals surface area contributed by atoms with Crippen LogP contribution in [0, 0.1) is 0 Å². The molecule has 7 heteroatoms. The van der Waals surface area contributed by atoms with Crippen LogP contribution in [0.3, 0.4) is 0 Å². The lowest BCUT2D eigenvalue weighted by Gasteiger charge is -2.36. The summed E-state index contributed by atoms with van der Waals surface area (Å²) in [5.41, 5.74) is 4.63. The second kappa shape index (κ2) is 10.5. The zero-order chi connectivity index (χ0) is 27.9. The summed E-state index contributed by atoms with van der Waals surface area (Å²) in [7, 11) is 0. The third-order valence-electron chi connectivity index (χ3n) is 8.99. The van der Waals surface area contributed by atoms with Gasteiger partial charge >= 0.3 is 6.03 Å². The predicted octanol–water partition coefficient (Wildman–Crippen LogP) is 6.49. The summed E-state index contributed by atoms with van der Waals surface area (Å²) in [5, 5.41) is 4.29. The summed E-state index contributed by atoms with van der Waals surface area (Å²) in [6.45, 7) is 0. The molecule has 1 aliphatic carbocycles. The van der Waals surface area contributed by atoms with E-state index in [4.69, 9.17) is 0 Å². The van der Waals surface area contributed by atoms with Crippen LogP contribution in [-0.4, -0.2) is 39.8 Å². The molecule has 0 spiro atoms. The van der Waals surface area contributed by atoms with E-state index in [0.717, 1.165) is 53.4 Å². The van der Waals surface area contributed by atoms with Gasteiger partial charge in [0.05, 0.1) is 11.3 Å². The number of nitrogens with zero attached hydrogens (tertiary/aromatic N) is 2. The standard InChI is InChI=1S/C34H34N4O3/c39-32(35-23-15-7-2-1-3-8-16-23)25-18-10-12-20-28(25)38-33(40)29-21-26-24-17-9-11-19-27(24)36-30(26)31(37(29)34(38)41)22-13-5-4-6-14-22/h4-6,9-14,17-20,23,29,31,36H,1-3,7-8,15-16,21H2,(H,35,39). The Morgan fingerprint density at radius 1 is 0.805 bits per heavy atom. The maximum absolute atomic E-state index is 14.3. The minimum Gasteiger partial charge on any atom is -0.356 e. The Bertz CT molecular complexity index is 1620. The van der Waals surface area contributed by atoms with E-state index < -0.39 is 18.1 Å². The molecule has 1 saturated heterocycles. The van der Waals surface area contributed by atoms with Gasteiger partial charge in [0.1, 0.15) is 12.1 Å². The zero-order valence-electron chi connectivity index (χ0n) is 23.0. The molecular weight excluding hydrogens is 512 g/mol. The molecule has 7 nitrogen and oxygen atoms in total. The number of imide groups is 1. The van der Waals surface area contributed by atoms with Gasteiger partial charge in [-0.3, -0.25) is 14.5 Å². The summed E-state index contributed by atoms with van der Waals surface area (Å²) in [6, 6.07) is 23.5. The molecule has 2 atom stereocenters. The van der Waals surface area contributed by atoms with Gasteiger partial charge in [-0.2, -0.15) is 0 Å². The number of amides is 4. The SMILES string of the molecule is O=C(NC1CCCCCCC1)c1ccccc1N1C(=O)C2Cc3c([nH]c4ccccc34)C(c3ccccc3)N2C1=O. The number of rotatable bonds is 4. The van der Waals surface area contributed by atoms with Gasteiger partial charge in [0.25, 0.3) is 11.8 Å². The number of carbonyl (C=O) groups excluding carboxylic acids is 3. The fourth-order valence-corrected chi connectivity index (χ4v) is 7.00. The fourth-order valence-electron chi connectivity index (χ4n) is 7.00. The van der Waals surface area contributed by atoms with E-state index in [1.165, 1.54) is 24.2 Å². The third-order valence-corrected chi connectivity index (χ3v) is 8.99. The number of para-hydroxylation sites is 2. The van der Waals surface area contributed by atoms with E-state index in [9.17, 15) is 14.4 Å². The minimum absolute atomic E-state index is 0.105. The second-order valence-electron chi connectivity index (χ2n) is 11.5. The van der Waals surface area contributed by atoms with Crippen LogP contribution in [0.5, 0.6) is 0 Å². The monoisotopic (exact) mass is 546 g/mol. The lowest BCUT2D eigenvalue weighted by atomic mass is 9.89. The van der Waals surface area contributed by atoms with Crippen molar-refractivity contribution in [3.05, 3.63) is 101 Å². The molecule has 2 unspecified atom stereocenters. The number of anilines is 1. The highest BCUT2D eigenvalue weighted by atomic mass is 16.2. The van der Waals surface area contributed by atoms with Crippen LogP contribution < -0.4 is 10.2 Å². The Balaban J connectivity index is 1.26. The highest BCUT2D eigenvalue weighted by molar-refractivity contribution is 6.24. The summed E-state index contributed by atoms with van der Waals surface area (Å²) >= 11 is 0. The number of urea groups is 1. The maximum atomic E-state index is 14.3. The Morgan fingerprint density at radius 3 is 2.29 bits per heavy atom. The van der Waals surface area contributed by atoms with Gasteiger partial charge in [0, 0.05) is 29.1 Å². The summed E-state index contributed by atoms with van der Waals surface area (Å²) < 4.78 is 0. The van der Waals surface area contributed by atoms with Crippen molar-refractivity contribution >= 4 is 34.4 Å². The van der Waals surface area contributed by atoms with E-state index >= 15 is 0 Å². The van der Waals surface area contributed by atoms with Crippen molar-refractivity contribution in [2.75, 3.05) is 4.90 Å². The smallest absolute Gasteiger partial charge is 0.332 e. The van der Waals surface area contributed by atoms with Crippen molar-refractivity contribution in [2.24, 2.45) is 0 Å². The van der Waals surface area contributed by atoms with E-state index in [1.807, 2.05) is 48.5 Å². The highest BCUT2D eigenvalue weighted by Gasteiger charge is 2.53. The Kier molecular flexibility index (Phi) is 6.57. The average Bonchev–Trinajstić information content (AvgIpc) is 3.47. The Morgan fingerprint density at radius 2 is 1.49 bits per heavy atom. The zero-order valence-corrected chi connectivity index (χ0v) is 23.0. The van der Waals surface area contributed by atoms with E-state index in [2.05, 4.69) is 16.4 Å². The molecule has 3 aromatic carbocycles. The van der Waals surface area contributed by atoms with Crippen LogP contribution in [0.15, 0.2) is 78.9 Å². The van der Waals surface area contributed by atoms with Crippen molar-refractivity contribution in [1.82, 2.24) is 15.2 Å². The second-order valence-corrected chi connectivity index (χ2v) is 11.5. The lowest BCUT2D eigenvalue weighted by molar-refractivity contribution is -0.120. The number of H-pyrrole nitrogens is 1. The number of benzene rings is 3. The fraction of sp³-hybridized carbons (Fsp3) is 0.324. The lowest BCUT2D eigenvalue weighted by Crippen LogP contribution is -2.44. The topological polar surface area (TPSA) is 85.5 Å². The van der Waals surface area contributed by atoms with Gasteiger partial charge in [0.15, 0.2) is 0 Å². The van der Waals surface area contributed by atoms with Gasteiger partial charge < -0.3 is 10.3 Å². The average molecular weight is 547 g/mol. The number of aromatic amines is 1. The summed E-state index contributed by atoms with van der Waals surface area (Å²) in [6.07, 6.45) is 8.16. The number of aromatic nitrogens is 1. The molecule has 0 radical (unpaired) electrons. The van der Waals surface area contributed by atoms with Crippen molar-refractivity contribution in [3.8, 4) is 0 Å². The molecule has 2 N–H and O–H groups in total. The number of carbonyl (C=O) groups is 3. The van der Waals surface area contributed by atoms with E-state index in [1.54, 1.807) is 29.2 Å². The molecule has 3 heterocycles. The van der Waals surface area contributed by atoms with Crippen LogP contribution >= 0.6 is 0 Å². The van der Waals surface area contributed by atoms with Gasteiger partial charge in [-0.15, -0.1) is 0 Å². The van der Waals surface area contributed by atoms with Crippen LogP contribution in [-0.2, 0) is 11.2 Å². The normalized spacial score (nSPS) is 21.4. The number of nitrogens with one attached hydrogen (secondary N) is 2. The van der Waals surface area contributed by atoms with Gasteiger partial charge in [-0.1, -0.05) is 92.8 Å². The van der Waals surface area contributed by atoms with Crippen molar-refractivity contribution < 1.29 is 14.4 Å². The Labute approximate surface area is 239 Å². The maximum Gasteiger partial charge on any atom is 0.332 e. The molecule has 41 heavy (non-hydrogen) atoms. The Hall–Kier alpha value is -4.39. The highest BCUT2D eigenvalue weighted by Crippen LogP contribution is 2.45. The number of hydrogen-bond donors (Lipinski definition) is 2. The van der Waals surface area contributed by atoms with Crippen LogP contribution in [0.4, 0.5) is 10.5 Å². The summed E-state index contributed by atoms with van der Waals surface area (Å²) in [4.78, 5) is 48.6. The first-order valence-corrected chi connectivity index (χ1v) is 14.8. The van der Waals surface area contributed by atoms with Gasteiger partial charge in [0.2, 0.25) is 0 Å². The van der Waals surface area contributed by atoms with Crippen LogP contribution in [0.2, 0.25) is 0 Å². The number of hydrogen-bond acceptors (Lipinski definition) is 3. The van der Waals surface area contributed by atoms with E-state index in [-0.39, 0.29) is 17.9 Å². The number of fused-ring (bicyclic) bond motifs is 4. The molecule has 1 saturated carbocycles. The minimum atomic E-state index is -0.666. The molecule has 1 aromatic heterocycles. The predicted molar refractivity (Wildman–Crippen MR) is 159 cm³/mol. The van der Waals surface area contributed by atoms with E-state index in [0.29, 0.717) is 17.7 Å². The van der Waals surface area contributed by atoms with Crippen LogP contribution in [0.1, 0.15) is 78.2 Å². The first kappa shape index (κ1) is 25.6. The molecule has 4 amide bonds. The quantitative estimate of drug-likeness (QED) is 0.287. The molecular formula is C34H34N4O3. The molecule has 0 bridgehead atoms. The summed E-state index contributed by atoms with van der Waals surface area (Å²) in [5.74, 6) is -0.523. The van der Waals surface area contributed by atoms with Crippen LogP contribution in [0.25, 0.3) is 10.9 Å². The first-order chi connectivity index (χ1) is 20.1. The van der Waals surface area contributed by atoms with Crippen molar-refractivity contribution in [3.63, 3.8) is 0 Å².